The van der Waals surface area contributed by atoms with Gasteiger partial charge in [0.05, 0.1) is 6.42 Å². The van der Waals surface area contributed by atoms with Crippen molar-refractivity contribution >= 4 is 11.9 Å². The number of carbonyl (C=O) groups excluding carboxylic acids is 1. The minimum absolute atomic E-state index is 0.0242. The van der Waals surface area contributed by atoms with Gasteiger partial charge in [0.15, 0.2) is 0 Å². The number of rotatable bonds is 4. The molecule has 1 amide bonds. The molecule has 4 rings (SSSR count). The fraction of sp³-hybridized carbons (Fsp3) is 0.476. The van der Waals surface area contributed by atoms with Gasteiger partial charge in [-0.1, -0.05) is 12.1 Å². The number of hydrogen-bond donors (Lipinski definition) is 1. The number of benzene rings is 1. The van der Waals surface area contributed by atoms with Crippen LogP contribution in [0.5, 0.6) is 0 Å². The van der Waals surface area contributed by atoms with Crippen LogP contribution in [0, 0.1) is 17.2 Å². The Bertz CT molecular complexity index is 824. The topological polar surface area (TPSA) is 69.6 Å². The number of hydrogen-bond acceptors (Lipinski definition) is 5. The highest BCUT2D eigenvalue weighted by molar-refractivity contribution is 5.78. The summed E-state index contributed by atoms with van der Waals surface area (Å²) in [5.41, 5.74) is 0.677. The monoisotopic (exact) mass is 384 g/mol. The fourth-order valence-corrected chi connectivity index (χ4v) is 4.59. The van der Waals surface area contributed by atoms with Crippen LogP contribution in [0.1, 0.15) is 18.4 Å². The Kier molecular flexibility index (Phi) is 5.26. The standard InChI is InChI=1S/C21H25FN4O2/c22-18-4-1-3-16(11-18)12-19(28)25-9-5-21(6-10-25)15-26(13-17(21)14-27)20-23-7-2-8-24-20/h1-4,7-8,11,17,27H,5-6,9-10,12-15H2/t17-/m1/s1. The van der Waals surface area contributed by atoms with Crippen molar-refractivity contribution in [3.63, 3.8) is 0 Å². The summed E-state index contributed by atoms with van der Waals surface area (Å²) in [6, 6.07) is 8.01. The summed E-state index contributed by atoms with van der Waals surface area (Å²) in [5.74, 6) is 0.560. The summed E-state index contributed by atoms with van der Waals surface area (Å²) in [6.07, 6.45) is 5.37. The van der Waals surface area contributed by atoms with Crippen molar-refractivity contribution in [1.29, 1.82) is 0 Å². The Morgan fingerprint density at radius 1 is 1.21 bits per heavy atom. The predicted octanol–water partition coefficient (Wildman–Crippen LogP) is 1.90. The normalized spacial score (nSPS) is 21.3. The molecule has 1 N–H and O–H groups in total. The van der Waals surface area contributed by atoms with E-state index in [1.165, 1.54) is 12.1 Å². The minimum Gasteiger partial charge on any atom is -0.396 e. The summed E-state index contributed by atoms with van der Waals surface area (Å²) in [6.45, 7) is 2.98. The van der Waals surface area contributed by atoms with Crippen LogP contribution in [0.3, 0.4) is 0 Å². The van der Waals surface area contributed by atoms with Gasteiger partial charge in [-0.25, -0.2) is 14.4 Å². The van der Waals surface area contributed by atoms with Gasteiger partial charge >= 0.3 is 0 Å². The summed E-state index contributed by atoms with van der Waals surface area (Å²) >= 11 is 0. The van der Waals surface area contributed by atoms with E-state index >= 15 is 0 Å². The van der Waals surface area contributed by atoms with Gasteiger partial charge in [0.25, 0.3) is 0 Å². The smallest absolute Gasteiger partial charge is 0.226 e. The van der Waals surface area contributed by atoms with E-state index in [2.05, 4.69) is 14.9 Å². The minimum atomic E-state index is -0.317. The molecule has 2 aromatic rings. The third kappa shape index (κ3) is 3.71. The van der Waals surface area contributed by atoms with Gasteiger partial charge in [0.1, 0.15) is 5.82 Å². The van der Waals surface area contributed by atoms with Crippen LogP contribution in [0.4, 0.5) is 10.3 Å². The molecule has 6 nitrogen and oxygen atoms in total. The van der Waals surface area contributed by atoms with Crippen molar-refractivity contribution in [2.24, 2.45) is 11.3 Å². The van der Waals surface area contributed by atoms with Crippen molar-refractivity contribution in [3.8, 4) is 0 Å². The first-order valence-corrected chi connectivity index (χ1v) is 9.75. The van der Waals surface area contributed by atoms with Gasteiger partial charge in [0.2, 0.25) is 11.9 Å². The average Bonchev–Trinajstić information content (AvgIpc) is 3.07. The Hall–Kier alpha value is -2.54. The second kappa shape index (κ2) is 7.83. The number of amides is 1. The summed E-state index contributed by atoms with van der Waals surface area (Å²) in [4.78, 5) is 25.3. The summed E-state index contributed by atoms with van der Waals surface area (Å²) < 4.78 is 13.4. The van der Waals surface area contributed by atoms with Crippen molar-refractivity contribution in [2.45, 2.75) is 19.3 Å². The lowest BCUT2D eigenvalue weighted by atomic mass is 9.71. The first-order chi connectivity index (χ1) is 13.6. The van der Waals surface area contributed by atoms with Crippen LogP contribution >= 0.6 is 0 Å². The quantitative estimate of drug-likeness (QED) is 0.872. The van der Waals surface area contributed by atoms with Crippen LogP contribution < -0.4 is 4.90 Å². The molecule has 1 spiro atoms. The molecule has 1 aromatic heterocycles. The van der Waals surface area contributed by atoms with E-state index in [0.29, 0.717) is 24.6 Å². The number of nitrogens with zero attached hydrogens (tertiary/aromatic N) is 4. The second-order valence-corrected chi connectivity index (χ2v) is 7.86. The summed E-state index contributed by atoms with van der Waals surface area (Å²) in [5, 5.41) is 9.96. The van der Waals surface area contributed by atoms with Crippen LogP contribution in [0.25, 0.3) is 0 Å². The molecule has 0 bridgehead atoms. The molecule has 28 heavy (non-hydrogen) atoms. The van der Waals surface area contributed by atoms with Crippen molar-refractivity contribution < 1.29 is 14.3 Å². The third-order valence-electron chi connectivity index (χ3n) is 6.22. The molecule has 0 saturated carbocycles. The molecule has 2 aliphatic rings. The molecule has 0 unspecified atom stereocenters. The Balaban J connectivity index is 1.40. The number of likely N-dealkylation sites (tertiary alicyclic amines) is 1. The third-order valence-corrected chi connectivity index (χ3v) is 6.22. The number of anilines is 1. The molecular formula is C21H25FN4O2. The zero-order chi connectivity index (χ0) is 19.6. The fourth-order valence-electron chi connectivity index (χ4n) is 4.59. The van der Waals surface area contributed by atoms with E-state index in [4.69, 9.17) is 0 Å². The number of piperidine rings is 1. The lowest BCUT2D eigenvalue weighted by Crippen LogP contribution is -2.47. The largest absolute Gasteiger partial charge is 0.396 e. The number of carbonyl (C=O) groups is 1. The van der Waals surface area contributed by atoms with Crippen molar-refractivity contribution in [2.75, 3.05) is 37.7 Å². The molecule has 1 atom stereocenters. The maximum Gasteiger partial charge on any atom is 0.226 e. The van der Waals surface area contributed by atoms with Gasteiger partial charge < -0.3 is 14.9 Å². The molecule has 0 aliphatic carbocycles. The number of aliphatic hydroxyl groups excluding tert-OH is 1. The van der Waals surface area contributed by atoms with E-state index in [0.717, 1.165) is 25.9 Å². The van der Waals surface area contributed by atoms with E-state index < -0.39 is 0 Å². The molecule has 3 heterocycles. The highest BCUT2D eigenvalue weighted by Crippen LogP contribution is 2.45. The van der Waals surface area contributed by atoms with E-state index in [9.17, 15) is 14.3 Å². The maximum absolute atomic E-state index is 13.4. The SMILES string of the molecule is O=C(Cc1cccc(F)c1)N1CCC2(CC1)CN(c1ncccn1)C[C@@H]2CO. The first kappa shape index (κ1) is 18.8. The second-order valence-electron chi connectivity index (χ2n) is 7.86. The lowest BCUT2D eigenvalue weighted by Gasteiger charge is -2.42. The highest BCUT2D eigenvalue weighted by Gasteiger charge is 2.48. The van der Waals surface area contributed by atoms with Gasteiger partial charge in [-0.05, 0) is 42.0 Å². The number of aromatic nitrogens is 2. The molecule has 2 fully saturated rings. The molecule has 148 valence electrons. The average molecular weight is 384 g/mol. The molecule has 2 saturated heterocycles. The van der Waals surface area contributed by atoms with Crippen LogP contribution in [-0.4, -0.2) is 58.7 Å². The zero-order valence-corrected chi connectivity index (χ0v) is 15.8. The van der Waals surface area contributed by atoms with Gasteiger partial charge in [-0.15, -0.1) is 0 Å². The van der Waals surface area contributed by atoms with Gasteiger partial charge in [0, 0.05) is 51.1 Å². The van der Waals surface area contributed by atoms with Crippen molar-refractivity contribution in [3.05, 3.63) is 54.1 Å². The van der Waals surface area contributed by atoms with Gasteiger partial charge in [-0.2, -0.15) is 0 Å². The lowest BCUT2D eigenvalue weighted by molar-refractivity contribution is -0.133. The Labute approximate surface area is 164 Å². The van der Waals surface area contributed by atoms with Crippen LogP contribution in [-0.2, 0) is 11.2 Å². The molecular weight excluding hydrogens is 359 g/mol. The number of halogens is 1. The molecule has 0 radical (unpaired) electrons. The molecule has 7 heteroatoms. The van der Waals surface area contributed by atoms with E-state index in [1.54, 1.807) is 30.6 Å². The number of aliphatic hydroxyl groups is 1. The predicted molar refractivity (Wildman–Crippen MR) is 103 cm³/mol. The molecule has 2 aliphatic heterocycles. The van der Waals surface area contributed by atoms with Crippen LogP contribution in [0.2, 0.25) is 0 Å². The summed E-state index contributed by atoms with van der Waals surface area (Å²) in [7, 11) is 0. The van der Waals surface area contributed by atoms with Crippen molar-refractivity contribution in [1.82, 2.24) is 14.9 Å². The molecule has 1 aromatic carbocycles. The van der Waals surface area contributed by atoms with Gasteiger partial charge in [-0.3, -0.25) is 4.79 Å². The highest BCUT2D eigenvalue weighted by atomic mass is 19.1. The first-order valence-electron chi connectivity index (χ1n) is 9.75. The Morgan fingerprint density at radius 2 is 1.96 bits per heavy atom. The van der Waals surface area contributed by atoms with E-state index in [1.807, 2.05) is 4.90 Å². The Morgan fingerprint density at radius 3 is 2.64 bits per heavy atom. The maximum atomic E-state index is 13.4. The van der Waals surface area contributed by atoms with Crippen LogP contribution in [0.15, 0.2) is 42.7 Å². The zero-order valence-electron chi connectivity index (χ0n) is 15.8. The van der Waals surface area contributed by atoms with E-state index in [-0.39, 0.29) is 36.1 Å².